The molecule has 1 aromatic carbocycles. The van der Waals surface area contributed by atoms with Crippen LogP contribution in [0.1, 0.15) is 19.8 Å². The molecule has 86 valence electrons. The summed E-state index contributed by atoms with van der Waals surface area (Å²) < 4.78 is 8.12. The maximum atomic E-state index is 5.31. The molecule has 0 fully saturated rings. The third-order valence-electron chi connectivity index (χ3n) is 2.72. The molecular weight excluding hydrogens is 220 g/mol. The zero-order valence-corrected chi connectivity index (χ0v) is 10.4. The number of hydrogen-bond acceptors (Lipinski definition) is 2. The van der Waals surface area contributed by atoms with Crippen molar-refractivity contribution in [3.63, 3.8) is 0 Å². The molecule has 0 spiro atoms. The smallest absolute Gasteiger partial charge is 0.178 e. The Morgan fingerprint density at radius 1 is 1.44 bits per heavy atom. The summed E-state index contributed by atoms with van der Waals surface area (Å²) in [6, 6.07) is 6.00. The number of ether oxygens (including phenoxy) is 1. The van der Waals surface area contributed by atoms with E-state index in [0.29, 0.717) is 0 Å². The van der Waals surface area contributed by atoms with Crippen LogP contribution in [0.3, 0.4) is 0 Å². The Labute approximate surface area is 100 Å². The minimum Gasteiger partial charge on any atom is -0.497 e. The summed E-state index contributed by atoms with van der Waals surface area (Å²) in [6.07, 6.45) is 2.32. The molecule has 0 aliphatic rings. The van der Waals surface area contributed by atoms with Crippen molar-refractivity contribution < 1.29 is 4.74 Å². The Hall–Kier alpha value is -1.29. The van der Waals surface area contributed by atoms with Crippen molar-refractivity contribution in [2.24, 2.45) is 0 Å². The molecule has 0 aliphatic heterocycles. The van der Waals surface area contributed by atoms with Gasteiger partial charge in [0.25, 0.3) is 0 Å². The van der Waals surface area contributed by atoms with Crippen molar-refractivity contribution in [1.29, 1.82) is 0 Å². The maximum absolute atomic E-state index is 5.31. The molecular formula is C12H16N2OS. The van der Waals surface area contributed by atoms with Crippen LogP contribution < -0.4 is 4.74 Å². The number of unbranched alkanes of at least 4 members (excludes halogenated alkanes) is 1. The first-order chi connectivity index (χ1) is 7.76. The van der Waals surface area contributed by atoms with Crippen molar-refractivity contribution in [3.05, 3.63) is 23.0 Å². The van der Waals surface area contributed by atoms with E-state index in [0.717, 1.165) is 34.5 Å². The Kier molecular flexibility index (Phi) is 3.29. The minimum atomic E-state index is 0.789. The molecule has 3 nitrogen and oxygen atoms in total. The van der Waals surface area contributed by atoms with E-state index in [9.17, 15) is 0 Å². The van der Waals surface area contributed by atoms with Crippen LogP contribution in [0.15, 0.2) is 18.2 Å². The topological polar surface area (TPSA) is 29.9 Å². The standard InChI is InChI=1S/C12H16N2OS/c1-3-4-7-14-11-6-5-9(15-2)8-10(11)13-12(14)16/h5-6,8H,3-4,7H2,1-2H3,(H,13,16). The SMILES string of the molecule is CCCCn1c(=S)[nH]c2cc(OC)ccc21. The number of nitrogens with zero attached hydrogens (tertiary/aromatic N) is 1. The van der Waals surface area contributed by atoms with E-state index < -0.39 is 0 Å². The Bertz CT molecular complexity index is 541. The lowest BCUT2D eigenvalue weighted by molar-refractivity contribution is 0.415. The van der Waals surface area contributed by atoms with Crippen LogP contribution in [-0.2, 0) is 6.54 Å². The molecule has 2 aromatic rings. The van der Waals surface area contributed by atoms with Crippen LogP contribution in [0, 0.1) is 4.77 Å². The highest BCUT2D eigenvalue weighted by Gasteiger charge is 2.04. The van der Waals surface area contributed by atoms with E-state index in [1.807, 2.05) is 12.1 Å². The number of H-pyrrole nitrogens is 1. The summed E-state index contributed by atoms with van der Waals surface area (Å²) in [5, 5.41) is 0. The number of methoxy groups -OCH3 is 1. The average Bonchev–Trinajstić information content (AvgIpc) is 2.61. The number of hydrogen-bond donors (Lipinski definition) is 1. The number of aromatic nitrogens is 2. The van der Waals surface area contributed by atoms with E-state index in [4.69, 9.17) is 17.0 Å². The van der Waals surface area contributed by atoms with Gasteiger partial charge < -0.3 is 14.3 Å². The van der Waals surface area contributed by atoms with Gasteiger partial charge in [0.15, 0.2) is 4.77 Å². The quantitative estimate of drug-likeness (QED) is 0.823. The number of fused-ring (bicyclic) bond motifs is 1. The second kappa shape index (κ2) is 4.70. The molecule has 16 heavy (non-hydrogen) atoms. The van der Waals surface area contributed by atoms with Gasteiger partial charge in [-0.2, -0.15) is 0 Å². The molecule has 0 amide bonds. The lowest BCUT2D eigenvalue weighted by atomic mass is 10.3. The maximum Gasteiger partial charge on any atom is 0.178 e. The van der Waals surface area contributed by atoms with Crippen LogP contribution in [0.25, 0.3) is 11.0 Å². The normalized spacial score (nSPS) is 10.9. The van der Waals surface area contributed by atoms with E-state index in [-0.39, 0.29) is 0 Å². The zero-order valence-electron chi connectivity index (χ0n) is 9.62. The predicted octanol–water partition coefficient (Wildman–Crippen LogP) is 3.51. The van der Waals surface area contributed by atoms with E-state index in [1.165, 1.54) is 6.42 Å². The van der Waals surface area contributed by atoms with Crippen molar-refractivity contribution in [3.8, 4) is 5.75 Å². The van der Waals surface area contributed by atoms with Crippen LogP contribution in [0.5, 0.6) is 5.75 Å². The van der Waals surface area contributed by atoms with E-state index >= 15 is 0 Å². The first kappa shape index (κ1) is 11.2. The minimum absolute atomic E-state index is 0.789. The van der Waals surface area contributed by atoms with Gasteiger partial charge in [0, 0.05) is 12.6 Å². The first-order valence-corrected chi connectivity index (χ1v) is 5.93. The van der Waals surface area contributed by atoms with Crippen LogP contribution in [0.2, 0.25) is 0 Å². The Balaban J connectivity index is 2.49. The van der Waals surface area contributed by atoms with Crippen LogP contribution in [-0.4, -0.2) is 16.7 Å². The number of imidazole rings is 1. The lowest BCUT2D eigenvalue weighted by Gasteiger charge is -2.03. The summed E-state index contributed by atoms with van der Waals surface area (Å²) in [6.45, 7) is 3.16. The van der Waals surface area contributed by atoms with Gasteiger partial charge in [-0.05, 0) is 30.8 Å². The van der Waals surface area contributed by atoms with Gasteiger partial charge in [0.2, 0.25) is 0 Å². The Morgan fingerprint density at radius 3 is 2.94 bits per heavy atom. The van der Waals surface area contributed by atoms with Gasteiger partial charge in [0.05, 0.1) is 18.1 Å². The van der Waals surface area contributed by atoms with Crippen molar-refractivity contribution in [2.45, 2.75) is 26.3 Å². The van der Waals surface area contributed by atoms with Crippen LogP contribution >= 0.6 is 12.2 Å². The molecule has 1 aromatic heterocycles. The molecule has 0 atom stereocenters. The molecule has 0 aliphatic carbocycles. The fraction of sp³-hybridized carbons (Fsp3) is 0.417. The summed E-state index contributed by atoms with van der Waals surface area (Å²) in [5.41, 5.74) is 2.19. The molecule has 1 N–H and O–H groups in total. The van der Waals surface area contributed by atoms with Gasteiger partial charge in [-0.15, -0.1) is 0 Å². The zero-order chi connectivity index (χ0) is 11.5. The second-order valence-corrected chi connectivity index (χ2v) is 4.21. The van der Waals surface area contributed by atoms with E-state index in [1.54, 1.807) is 7.11 Å². The molecule has 2 rings (SSSR count). The third-order valence-corrected chi connectivity index (χ3v) is 3.04. The highest BCUT2D eigenvalue weighted by Crippen LogP contribution is 2.20. The van der Waals surface area contributed by atoms with Crippen molar-refractivity contribution >= 4 is 23.3 Å². The van der Waals surface area contributed by atoms with Gasteiger partial charge in [-0.25, -0.2) is 0 Å². The molecule has 0 bridgehead atoms. The highest BCUT2D eigenvalue weighted by atomic mass is 32.1. The molecule has 0 radical (unpaired) electrons. The first-order valence-electron chi connectivity index (χ1n) is 5.53. The number of benzene rings is 1. The highest BCUT2D eigenvalue weighted by molar-refractivity contribution is 7.71. The number of nitrogens with one attached hydrogen (secondary N) is 1. The van der Waals surface area contributed by atoms with Crippen LogP contribution in [0.4, 0.5) is 0 Å². The molecule has 0 unspecified atom stereocenters. The summed E-state index contributed by atoms with van der Waals surface area (Å²) in [5.74, 6) is 0.853. The summed E-state index contributed by atoms with van der Waals surface area (Å²) in [7, 11) is 1.67. The number of aromatic amines is 1. The molecule has 4 heteroatoms. The van der Waals surface area contributed by atoms with E-state index in [2.05, 4.69) is 22.5 Å². The summed E-state index contributed by atoms with van der Waals surface area (Å²) >= 11 is 5.31. The predicted molar refractivity (Wildman–Crippen MR) is 68.6 cm³/mol. The molecule has 0 saturated carbocycles. The monoisotopic (exact) mass is 236 g/mol. The van der Waals surface area contributed by atoms with Gasteiger partial charge in [-0.3, -0.25) is 0 Å². The summed E-state index contributed by atoms with van der Waals surface area (Å²) in [4.78, 5) is 3.21. The van der Waals surface area contributed by atoms with Gasteiger partial charge in [-0.1, -0.05) is 13.3 Å². The Morgan fingerprint density at radius 2 is 2.25 bits per heavy atom. The van der Waals surface area contributed by atoms with Crippen molar-refractivity contribution in [2.75, 3.05) is 7.11 Å². The van der Waals surface area contributed by atoms with Crippen molar-refractivity contribution in [1.82, 2.24) is 9.55 Å². The largest absolute Gasteiger partial charge is 0.497 e. The average molecular weight is 236 g/mol. The third kappa shape index (κ3) is 1.97. The number of aryl methyl sites for hydroxylation is 1. The lowest BCUT2D eigenvalue weighted by Crippen LogP contribution is -1.97. The fourth-order valence-electron chi connectivity index (χ4n) is 1.81. The molecule has 0 saturated heterocycles. The number of rotatable bonds is 4. The molecule has 1 heterocycles. The second-order valence-electron chi connectivity index (χ2n) is 3.82. The van der Waals surface area contributed by atoms with Gasteiger partial charge in [0.1, 0.15) is 5.75 Å². The van der Waals surface area contributed by atoms with Gasteiger partial charge >= 0.3 is 0 Å². The fourth-order valence-corrected chi connectivity index (χ4v) is 2.11.